The zero-order valence-corrected chi connectivity index (χ0v) is 9.64. The van der Waals surface area contributed by atoms with Gasteiger partial charge >= 0.3 is 5.97 Å². The fourth-order valence-corrected chi connectivity index (χ4v) is 1.42. The highest BCUT2D eigenvalue weighted by molar-refractivity contribution is 9.10. The Labute approximate surface area is 93.6 Å². The van der Waals surface area contributed by atoms with Crippen LogP contribution in [0.3, 0.4) is 0 Å². The quantitative estimate of drug-likeness (QED) is 0.782. The molecule has 6 heteroatoms. The fourth-order valence-electron chi connectivity index (χ4n) is 1.12. The molecule has 1 rings (SSSR count). The number of carbonyl (C=O) groups is 1. The van der Waals surface area contributed by atoms with E-state index < -0.39 is 18.1 Å². The van der Waals surface area contributed by atoms with Gasteiger partial charge < -0.3 is 4.74 Å². The Kier molecular flexibility index (Phi) is 3.73. The molecule has 0 fully saturated rings. The Morgan fingerprint density at radius 3 is 2.67 bits per heavy atom. The number of methoxy groups -OCH3 is 1. The Hall–Kier alpha value is -1.04. The van der Waals surface area contributed by atoms with E-state index >= 15 is 0 Å². The second kappa shape index (κ2) is 4.65. The maximum atomic E-state index is 12.6. The highest BCUT2D eigenvalue weighted by Crippen LogP contribution is 2.27. The van der Waals surface area contributed by atoms with Crippen molar-refractivity contribution in [3.8, 4) is 0 Å². The molecule has 0 unspecified atom stereocenters. The van der Waals surface area contributed by atoms with Crippen LogP contribution in [-0.4, -0.2) is 18.1 Å². The summed E-state index contributed by atoms with van der Waals surface area (Å²) < 4.78 is 30.0. The maximum absolute atomic E-state index is 12.6. The molecule has 1 aromatic rings. The van der Waals surface area contributed by atoms with Crippen LogP contribution in [0.4, 0.5) is 8.78 Å². The summed E-state index contributed by atoms with van der Waals surface area (Å²) in [5.74, 6) is -0.809. The van der Waals surface area contributed by atoms with Crippen LogP contribution in [0.1, 0.15) is 28.0 Å². The van der Waals surface area contributed by atoms with Crippen LogP contribution in [-0.2, 0) is 4.74 Å². The molecule has 82 valence electrons. The van der Waals surface area contributed by atoms with Crippen molar-refractivity contribution in [2.45, 2.75) is 13.3 Å². The molecule has 1 aromatic heterocycles. The van der Waals surface area contributed by atoms with Crippen molar-refractivity contribution in [3.05, 3.63) is 27.5 Å². The molecule has 0 saturated carbocycles. The van der Waals surface area contributed by atoms with Gasteiger partial charge in [-0.25, -0.2) is 13.6 Å². The van der Waals surface area contributed by atoms with Crippen molar-refractivity contribution in [1.29, 1.82) is 0 Å². The average Bonchev–Trinajstić information content (AvgIpc) is 2.20. The molecule has 0 bridgehead atoms. The summed E-state index contributed by atoms with van der Waals surface area (Å²) in [6, 6.07) is 0. The minimum Gasteiger partial charge on any atom is -0.465 e. The van der Waals surface area contributed by atoms with Crippen LogP contribution < -0.4 is 0 Å². The van der Waals surface area contributed by atoms with Crippen molar-refractivity contribution >= 4 is 21.9 Å². The van der Waals surface area contributed by atoms with E-state index in [1.165, 1.54) is 6.20 Å². The van der Waals surface area contributed by atoms with Crippen LogP contribution in [0, 0.1) is 6.92 Å². The summed E-state index contributed by atoms with van der Waals surface area (Å²) in [7, 11) is 1.14. The van der Waals surface area contributed by atoms with Crippen LogP contribution in [0.25, 0.3) is 0 Å². The number of rotatable bonds is 2. The number of aromatic nitrogens is 1. The molecule has 0 spiro atoms. The molecule has 3 nitrogen and oxygen atoms in total. The Morgan fingerprint density at radius 2 is 2.20 bits per heavy atom. The minimum atomic E-state index is -2.80. The zero-order chi connectivity index (χ0) is 11.6. The van der Waals surface area contributed by atoms with E-state index in [4.69, 9.17) is 0 Å². The molecule has 0 aliphatic carbocycles. The molecule has 0 saturated heterocycles. The highest BCUT2D eigenvalue weighted by Gasteiger charge is 2.23. The SMILES string of the molecule is COC(=O)c1c(C(F)F)ncc(Br)c1C. The van der Waals surface area contributed by atoms with Gasteiger partial charge in [0.2, 0.25) is 0 Å². The molecule has 0 aliphatic rings. The summed E-state index contributed by atoms with van der Waals surface area (Å²) in [6.45, 7) is 1.55. The minimum absolute atomic E-state index is 0.179. The first kappa shape index (κ1) is 12.0. The molecular weight excluding hydrogens is 272 g/mol. The predicted molar refractivity (Wildman–Crippen MR) is 53.0 cm³/mol. The summed E-state index contributed by atoms with van der Waals surface area (Å²) >= 11 is 3.11. The van der Waals surface area contributed by atoms with Gasteiger partial charge in [0, 0.05) is 10.7 Å². The van der Waals surface area contributed by atoms with E-state index in [0.29, 0.717) is 10.0 Å². The third kappa shape index (κ3) is 2.31. The fraction of sp³-hybridized carbons (Fsp3) is 0.333. The second-order valence-electron chi connectivity index (χ2n) is 2.78. The van der Waals surface area contributed by atoms with Gasteiger partial charge in [0.05, 0.1) is 12.7 Å². The smallest absolute Gasteiger partial charge is 0.340 e. The molecular formula is C9H8BrF2NO2. The number of ether oxygens (including phenoxy) is 1. The van der Waals surface area contributed by atoms with Gasteiger partial charge in [-0.1, -0.05) is 0 Å². The van der Waals surface area contributed by atoms with E-state index in [1.807, 2.05) is 0 Å². The summed E-state index contributed by atoms with van der Waals surface area (Å²) in [6.07, 6.45) is -1.56. The lowest BCUT2D eigenvalue weighted by Crippen LogP contribution is -2.11. The van der Waals surface area contributed by atoms with E-state index in [-0.39, 0.29) is 5.56 Å². The summed E-state index contributed by atoms with van der Waals surface area (Å²) in [5.41, 5.74) is -0.337. The van der Waals surface area contributed by atoms with Gasteiger partial charge in [0.15, 0.2) is 0 Å². The van der Waals surface area contributed by atoms with Crippen molar-refractivity contribution < 1.29 is 18.3 Å². The van der Waals surface area contributed by atoms with Gasteiger partial charge in [-0.15, -0.1) is 0 Å². The molecule has 0 aromatic carbocycles. The number of nitrogens with zero attached hydrogens (tertiary/aromatic N) is 1. The molecule has 1 heterocycles. The lowest BCUT2D eigenvalue weighted by atomic mass is 10.1. The van der Waals surface area contributed by atoms with E-state index in [9.17, 15) is 13.6 Å². The maximum Gasteiger partial charge on any atom is 0.340 e. The first-order valence-corrected chi connectivity index (χ1v) is 4.79. The molecule has 0 atom stereocenters. The van der Waals surface area contributed by atoms with Crippen LogP contribution in [0.2, 0.25) is 0 Å². The largest absolute Gasteiger partial charge is 0.465 e. The lowest BCUT2D eigenvalue weighted by Gasteiger charge is -2.10. The Balaban J connectivity index is 3.41. The monoisotopic (exact) mass is 279 g/mol. The standard InChI is InChI=1S/C9H8BrF2NO2/c1-4-5(10)3-13-7(8(11)12)6(4)9(14)15-2/h3,8H,1-2H3. The van der Waals surface area contributed by atoms with Gasteiger partial charge in [0.25, 0.3) is 6.43 Å². The number of hydrogen-bond acceptors (Lipinski definition) is 3. The number of halogens is 3. The van der Waals surface area contributed by atoms with Crippen LogP contribution in [0.15, 0.2) is 10.7 Å². The third-order valence-electron chi connectivity index (χ3n) is 1.90. The second-order valence-corrected chi connectivity index (χ2v) is 3.64. The number of pyridine rings is 1. The Morgan fingerprint density at radius 1 is 1.60 bits per heavy atom. The Bertz CT molecular complexity index is 396. The van der Waals surface area contributed by atoms with E-state index in [1.54, 1.807) is 6.92 Å². The molecule has 0 N–H and O–H groups in total. The molecule has 15 heavy (non-hydrogen) atoms. The highest BCUT2D eigenvalue weighted by atomic mass is 79.9. The van der Waals surface area contributed by atoms with Crippen molar-refractivity contribution in [2.24, 2.45) is 0 Å². The van der Waals surface area contributed by atoms with E-state index in [2.05, 4.69) is 25.7 Å². The van der Waals surface area contributed by atoms with Gasteiger partial charge in [-0.05, 0) is 28.4 Å². The topological polar surface area (TPSA) is 39.2 Å². The van der Waals surface area contributed by atoms with Crippen molar-refractivity contribution in [1.82, 2.24) is 4.98 Å². The third-order valence-corrected chi connectivity index (χ3v) is 2.70. The first-order valence-electron chi connectivity index (χ1n) is 4.00. The van der Waals surface area contributed by atoms with Crippen LogP contribution >= 0.6 is 15.9 Å². The van der Waals surface area contributed by atoms with Gasteiger partial charge in [-0.3, -0.25) is 4.98 Å². The van der Waals surface area contributed by atoms with E-state index in [0.717, 1.165) is 7.11 Å². The predicted octanol–water partition coefficient (Wildman–Crippen LogP) is 2.88. The van der Waals surface area contributed by atoms with Crippen molar-refractivity contribution in [2.75, 3.05) is 7.11 Å². The first-order chi connectivity index (χ1) is 6.99. The molecule has 0 amide bonds. The van der Waals surface area contributed by atoms with Gasteiger partial charge in [0.1, 0.15) is 5.69 Å². The van der Waals surface area contributed by atoms with Crippen molar-refractivity contribution in [3.63, 3.8) is 0 Å². The average molecular weight is 280 g/mol. The van der Waals surface area contributed by atoms with Gasteiger partial charge in [-0.2, -0.15) is 0 Å². The normalized spacial score (nSPS) is 10.5. The lowest BCUT2D eigenvalue weighted by molar-refractivity contribution is 0.0586. The summed E-state index contributed by atoms with van der Waals surface area (Å²) in [4.78, 5) is 14.8. The van der Waals surface area contributed by atoms with Crippen LogP contribution in [0.5, 0.6) is 0 Å². The number of alkyl halides is 2. The number of esters is 1. The molecule has 0 radical (unpaired) electrons. The zero-order valence-electron chi connectivity index (χ0n) is 8.05. The number of hydrogen-bond donors (Lipinski definition) is 0. The summed E-state index contributed by atoms with van der Waals surface area (Å²) in [5, 5.41) is 0. The molecule has 0 aliphatic heterocycles. The number of carbonyl (C=O) groups excluding carboxylic acids is 1.